The van der Waals surface area contributed by atoms with Gasteiger partial charge in [0.2, 0.25) is 5.88 Å². The zero-order chi connectivity index (χ0) is 10.7. The number of hydrogen-bond acceptors (Lipinski definition) is 4. The van der Waals surface area contributed by atoms with E-state index in [0.717, 1.165) is 11.3 Å². The Morgan fingerprint density at radius 3 is 2.57 bits per heavy atom. The fourth-order valence-corrected chi connectivity index (χ4v) is 1.14. The Morgan fingerprint density at radius 2 is 2.07 bits per heavy atom. The molecule has 1 rings (SSSR count). The molecule has 0 spiro atoms. The Morgan fingerprint density at radius 1 is 1.43 bits per heavy atom. The zero-order valence-corrected chi connectivity index (χ0v) is 8.59. The van der Waals surface area contributed by atoms with Crippen molar-refractivity contribution in [2.45, 2.75) is 20.8 Å². The zero-order valence-electron chi connectivity index (χ0n) is 8.59. The summed E-state index contributed by atoms with van der Waals surface area (Å²) in [6, 6.07) is 0. The van der Waals surface area contributed by atoms with Crippen molar-refractivity contribution < 1.29 is 4.74 Å². The smallest absolute Gasteiger partial charge is 0.244 e. The van der Waals surface area contributed by atoms with E-state index >= 15 is 0 Å². The third kappa shape index (κ3) is 1.81. The van der Waals surface area contributed by atoms with Crippen molar-refractivity contribution in [3.8, 4) is 5.88 Å². The average Bonchev–Trinajstić information content (AvgIpc) is 2.11. The third-order valence-electron chi connectivity index (χ3n) is 1.97. The first-order chi connectivity index (χ1) is 6.57. The van der Waals surface area contributed by atoms with Crippen molar-refractivity contribution >= 4 is 5.84 Å². The number of amidine groups is 1. The van der Waals surface area contributed by atoms with Gasteiger partial charge in [0.1, 0.15) is 5.84 Å². The van der Waals surface area contributed by atoms with Crippen molar-refractivity contribution in [3.05, 3.63) is 16.8 Å². The van der Waals surface area contributed by atoms with Crippen LogP contribution in [-0.4, -0.2) is 22.6 Å². The maximum Gasteiger partial charge on any atom is 0.244 e. The molecule has 3 N–H and O–H groups in total. The van der Waals surface area contributed by atoms with Gasteiger partial charge in [-0.15, -0.1) is 5.10 Å². The van der Waals surface area contributed by atoms with Crippen molar-refractivity contribution in [1.29, 1.82) is 5.41 Å². The summed E-state index contributed by atoms with van der Waals surface area (Å²) in [5, 5.41) is 15.2. The number of nitrogens with zero attached hydrogens (tertiary/aromatic N) is 2. The molecule has 0 bridgehead atoms. The van der Waals surface area contributed by atoms with Crippen LogP contribution in [-0.2, 0) is 0 Å². The Labute approximate surface area is 82.8 Å². The van der Waals surface area contributed by atoms with Crippen LogP contribution >= 0.6 is 0 Å². The Hall–Kier alpha value is -1.65. The predicted octanol–water partition coefficient (Wildman–Crippen LogP) is 0.776. The first-order valence-electron chi connectivity index (χ1n) is 4.39. The van der Waals surface area contributed by atoms with Gasteiger partial charge in [0.15, 0.2) is 0 Å². The van der Waals surface area contributed by atoms with E-state index in [9.17, 15) is 0 Å². The highest BCUT2D eigenvalue weighted by Crippen LogP contribution is 2.19. The molecule has 0 aromatic carbocycles. The molecule has 0 aliphatic heterocycles. The summed E-state index contributed by atoms with van der Waals surface area (Å²) in [5.74, 6) is 0.298. The number of ether oxygens (including phenoxy) is 1. The highest BCUT2D eigenvalue weighted by atomic mass is 16.5. The molecule has 0 radical (unpaired) electrons. The predicted molar refractivity (Wildman–Crippen MR) is 53.7 cm³/mol. The lowest BCUT2D eigenvalue weighted by atomic mass is 10.1. The fraction of sp³-hybridized carbons (Fsp3) is 0.444. The molecule has 1 aromatic rings. The topological polar surface area (TPSA) is 84.9 Å². The van der Waals surface area contributed by atoms with Gasteiger partial charge in [0.05, 0.1) is 17.9 Å². The molecule has 0 aliphatic rings. The minimum Gasteiger partial charge on any atom is -0.476 e. The molecule has 0 fully saturated rings. The van der Waals surface area contributed by atoms with Crippen LogP contribution in [0.25, 0.3) is 0 Å². The van der Waals surface area contributed by atoms with Gasteiger partial charge >= 0.3 is 0 Å². The van der Waals surface area contributed by atoms with Crippen LogP contribution in [0, 0.1) is 19.3 Å². The van der Waals surface area contributed by atoms with Crippen LogP contribution < -0.4 is 10.5 Å². The maximum absolute atomic E-state index is 7.42. The fourth-order valence-electron chi connectivity index (χ4n) is 1.14. The van der Waals surface area contributed by atoms with E-state index in [4.69, 9.17) is 15.9 Å². The van der Waals surface area contributed by atoms with Gasteiger partial charge in [-0.1, -0.05) is 0 Å². The maximum atomic E-state index is 7.42. The van der Waals surface area contributed by atoms with Gasteiger partial charge < -0.3 is 10.5 Å². The quantitative estimate of drug-likeness (QED) is 0.550. The van der Waals surface area contributed by atoms with Crippen LogP contribution in [0.15, 0.2) is 0 Å². The summed E-state index contributed by atoms with van der Waals surface area (Å²) < 4.78 is 5.24. The molecule has 0 unspecified atom stereocenters. The van der Waals surface area contributed by atoms with Crippen LogP contribution in [0.4, 0.5) is 0 Å². The number of aryl methyl sites for hydroxylation is 1. The van der Waals surface area contributed by atoms with E-state index < -0.39 is 0 Å². The monoisotopic (exact) mass is 194 g/mol. The highest BCUT2D eigenvalue weighted by Gasteiger charge is 2.14. The summed E-state index contributed by atoms with van der Waals surface area (Å²) in [5.41, 5.74) is 7.60. The SMILES string of the molecule is CCOc1nnc(C)c(C)c1C(=N)N. The van der Waals surface area contributed by atoms with E-state index in [1.54, 1.807) is 0 Å². The number of aromatic nitrogens is 2. The summed E-state index contributed by atoms with van der Waals surface area (Å²) in [7, 11) is 0. The summed E-state index contributed by atoms with van der Waals surface area (Å²) in [4.78, 5) is 0. The average molecular weight is 194 g/mol. The molecular formula is C9H14N4O. The van der Waals surface area contributed by atoms with Crippen molar-refractivity contribution in [2.75, 3.05) is 6.61 Å². The standard InChI is InChI=1S/C9H14N4O/c1-4-14-9-7(8(10)11)5(2)6(3)12-13-9/h4H2,1-3H3,(H3,10,11). The molecule has 5 nitrogen and oxygen atoms in total. The lowest BCUT2D eigenvalue weighted by Gasteiger charge is -2.10. The normalized spacial score (nSPS) is 9.93. The van der Waals surface area contributed by atoms with Crippen molar-refractivity contribution in [3.63, 3.8) is 0 Å². The molecule has 0 saturated carbocycles. The van der Waals surface area contributed by atoms with Gasteiger partial charge in [-0.05, 0) is 26.3 Å². The molecule has 0 saturated heterocycles. The molecule has 0 aliphatic carbocycles. The van der Waals surface area contributed by atoms with Crippen molar-refractivity contribution in [1.82, 2.24) is 10.2 Å². The minimum absolute atomic E-state index is 0.0380. The summed E-state index contributed by atoms with van der Waals surface area (Å²) in [6.45, 7) is 6.01. The van der Waals surface area contributed by atoms with Crippen LogP contribution in [0.5, 0.6) is 5.88 Å². The summed E-state index contributed by atoms with van der Waals surface area (Å²) in [6.07, 6.45) is 0. The van der Waals surface area contributed by atoms with E-state index in [-0.39, 0.29) is 5.84 Å². The molecule has 5 heteroatoms. The van der Waals surface area contributed by atoms with Crippen molar-refractivity contribution in [2.24, 2.45) is 5.73 Å². The molecule has 0 atom stereocenters. The van der Waals surface area contributed by atoms with Gasteiger partial charge in [0.25, 0.3) is 0 Å². The first-order valence-corrected chi connectivity index (χ1v) is 4.39. The summed E-state index contributed by atoms with van der Waals surface area (Å²) >= 11 is 0. The van der Waals surface area contributed by atoms with Crippen LogP contribution in [0.3, 0.4) is 0 Å². The second-order valence-electron chi connectivity index (χ2n) is 2.94. The number of nitrogens with one attached hydrogen (secondary N) is 1. The Balaban J connectivity index is 3.30. The first kappa shape index (κ1) is 10.4. The number of nitrogens with two attached hydrogens (primary N) is 1. The van der Waals surface area contributed by atoms with Gasteiger partial charge in [-0.25, -0.2) is 0 Å². The molecular weight excluding hydrogens is 180 g/mol. The van der Waals surface area contributed by atoms with Gasteiger partial charge in [-0.2, -0.15) is 5.10 Å². The molecule has 14 heavy (non-hydrogen) atoms. The van der Waals surface area contributed by atoms with Gasteiger partial charge in [0, 0.05) is 0 Å². The molecule has 1 heterocycles. The second kappa shape index (κ2) is 4.04. The molecule has 1 aromatic heterocycles. The molecule has 76 valence electrons. The second-order valence-corrected chi connectivity index (χ2v) is 2.94. The third-order valence-corrected chi connectivity index (χ3v) is 1.97. The van der Waals surface area contributed by atoms with Crippen LogP contribution in [0.2, 0.25) is 0 Å². The lowest BCUT2D eigenvalue weighted by molar-refractivity contribution is 0.321. The lowest BCUT2D eigenvalue weighted by Crippen LogP contribution is -2.17. The largest absolute Gasteiger partial charge is 0.476 e. The number of hydrogen-bond donors (Lipinski definition) is 2. The number of rotatable bonds is 3. The van der Waals surface area contributed by atoms with E-state index in [1.165, 1.54) is 0 Å². The van der Waals surface area contributed by atoms with E-state index in [2.05, 4.69) is 10.2 Å². The Kier molecular flexibility index (Phi) is 3.01. The Bertz CT molecular complexity index is 362. The highest BCUT2D eigenvalue weighted by molar-refractivity contribution is 5.98. The van der Waals surface area contributed by atoms with Crippen LogP contribution in [0.1, 0.15) is 23.7 Å². The van der Waals surface area contributed by atoms with Gasteiger partial charge in [-0.3, -0.25) is 5.41 Å². The number of nitrogen functional groups attached to an aromatic ring is 1. The minimum atomic E-state index is -0.0380. The van der Waals surface area contributed by atoms with E-state index in [0.29, 0.717) is 18.1 Å². The van der Waals surface area contributed by atoms with E-state index in [1.807, 2.05) is 20.8 Å². The molecule has 0 amide bonds.